The van der Waals surface area contributed by atoms with Crippen molar-refractivity contribution in [2.45, 2.75) is 70.9 Å². The van der Waals surface area contributed by atoms with Crippen molar-refractivity contribution in [1.82, 2.24) is 9.80 Å². The number of carbonyl (C=O) groups is 1. The summed E-state index contributed by atoms with van der Waals surface area (Å²) in [5.74, 6) is 0.881. The molecule has 2 atom stereocenters. The van der Waals surface area contributed by atoms with Gasteiger partial charge in [-0.15, -0.1) is 12.4 Å². The molecule has 1 heterocycles. The lowest BCUT2D eigenvalue weighted by molar-refractivity contribution is -0.135. The number of hydrogen-bond donors (Lipinski definition) is 1. The molecule has 22 heavy (non-hydrogen) atoms. The Kier molecular flexibility index (Phi) is 8.73. The Balaban J connectivity index is 0.00000242. The van der Waals surface area contributed by atoms with Crippen LogP contribution in [0.3, 0.4) is 0 Å². The largest absolute Gasteiger partial charge is 0.339 e. The maximum Gasteiger partial charge on any atom is 0.236 e. The second kappa shape index (κ2) is 9.74. The first-order valence-electron chi connectivity index (χ1n) is 8.89. The minimum Gasteiger partial charge on any atom is -0.339 e. The third-order valence-corrected chi connectivity index (χ3v) is 5.32. The monoisotopic (exact) mass is 331 g/mol. The van der Waals surface area contributed by atoms with Crippen molar-refractivity contribution >= 4 is 18.3 Å². The van der Waals surface area contributed by atoms with Crippen molar-refractivity contribution in [2.24, 2.45) is 11.7 Å². The van der Waals surface area contributed by atoms with Gasteiger partial charge < -0.3 is 10.6 Å². The maximum absolute atomic E-state index is 12.7. The average Bonchev–Trinajstić information content (AvgIpc) is 2.49. The number of piperidine rings is 1. The number of rotatable bonds is 5. The Bertz CT molecular complexity index is 332. The summed E-state index contributed by atoms with van der Waals surface area (Å²) in [6.07, 6.45) is 8.68. The number of likely N-dealkylation sites (N-methyl/N-ethyl adjacent to an activating group) is 1. The molecule has 1 amide bonds. The summed E-state index contributed by atoms with van der Waals surface area (Å²) >= 11 is 0. The van der Waals surface area contributed by atoms with Gasteiger partial charge in [-0.3, -0.25) is 9.69 Å². The van der Waals surface area contributed by atoms with E-state index in [1.54, 1.807) is 0 Å². The van der Waals surface area contributed by atoms with Crippen LogP contribution >= 0.6 is 12.4 Å². The lowest BCUT2D eigenvalue weighted by atomic mass is 9.92. The fourth-order valence-electron chi connectivity index (χ4n) is 3.98. The van der Waals surface area contributed by atoms with Crippen LogP contribution in [-0.2, 0) is 4.79 Å². The molecular weight excluding hydrogens is 298 g/mol. The predicted octanol–water partition coefficient (Wildman–Crippen LogP) is 2.65. The Morgan fingerprint density at radius 2 is 1.91 bits per heavy atom. The lowest BCUT2D eigenvalue weighted by Gasteiger charge is -2.38. The van der Waals surface area contributed by atoms with E-state index in [-0.39, 0.29) is 18.4 Å². The number of halogens is 1. The topological polar surface area (TPSA) is 49.6 Å². The average molecular weight is 332 g/mol. The number of carbonyl (C=O) groups excluding carboxylic acids is 1. The Labute approximate surface area is 142 Å². The van der Waals surface area contributed by atoms with Crippen molar-refractivity contribution < 1.29 is 4.79 Å². The van der Waals surface area contributed by atoms with Crippen LogP contribution in [0.25, 0.3) is 0 Å². The summed E-state index contributed by atoms with van der Waals surface area (Å²) in [7, 11) is 0. The molecule has 1 saturated carbocycles. The molecule has 5 heteroatoms. The van der Waals surface area contributed by atoms with E-state index in [1.165, 1.54) is 44.9 Å². The van der Waals surface area contributed by atoms with Gasteiger partial charge in [0.1, 0.15) is 0 Å². The Hall–Kier alpha value is -0.320. The highest BCUT2D eigenvalue weighted by Gasteiger charge is 2.28. The second-order valence-corrected chi connectivity index (χ2v) is 6.97. The number of nitrogens with zero attached hydrogens (tertiary/aromatic N) is 2. The number of hydrogen-bond acceptors (Lipinski definition) is 3. The highest BCUT2D eigenvalue weighted by molar-refractivity contribution is 5.85. The first kappa shape index (κ1) is 19.7. The minimum atomic E-state index is 0. The molecule has 0 aromatic heterocycles. The van der Waals surface area contributed by atoms with E-state index in [9.17, 15) is 4.79 Å². The molecule has 1 aliphatic heterocycles. The smallest absolute Gasteiger partial charge is 0.236 e. The van der Waals surface area contributed by atoms with Crippen molar-refractivity contribution in [2.75, 3.05) is 26.2 Å². The molecule has 0 spiro atoms. The van der Waals surface area contributed by atoms with Gasteiger partial charge >= 0.3 is 0 Å². The molecule has 1 aliphatic carbocycles. The fourth-order valence-corrected chi connectivity index (χ4v) is 3.98. The van der Waals surface area contributed by atoms with Crippen LogP contribution in [0.4, 0.5) is 0 Å². The molecule has 0 aromatic carbocycles. The summed E-state index contributed by atoms with van der Waals surface area (Å²) in [6, 6.07) is 0.730. The van der Waals surface area contributed by atoms with Gasteiger partial charge in [-0.2, -0.15) is 0 Å². The van der Waals surface area contributed by atoms with E-state index in [0.717, 1.165) is 19.6 Å². The minimum absolute atomic E-state index is 0. The standard InChI is InChI=1S/C17H33N3O.ClH/c1-3-20(16-9-5-4-6-10-16)17(21)13-19-11-7-8-15(12-19)14(2)18;/h14-16H,3-13,18H2,1-2H3;1H. The highest BCUT2D eigenvalue weighted by Crippen LogP contribution is 2.23. The first-order valence-corrected chi connectivity index (χ1v) is 8.89. The van der Waals surface area contributed by atoms with Crippen LogP contribution in [0.5, 0.6) is 0 Å². The van der Waals surface area contributed by atoms with E-state index < -0.39 is 0 Å². The zero-order valence-electron chi connectivity index (χ0n) is 14.3. The number of amides is 1. The summed E-state index contributed by atoms with van der Waals surface area (Å²) in [5.41, 5.74) is 6.04. The molecule has 130 valence electrons. The summed E-state index contributed by atoms with van der Waals surface area (Å²) < 4.78 is 0. The van der Waals surface area contributed by atoms with E-state index in [2.05, 4.69) is 23.6 Å². The molecule has 1 saturated heterocycles. The van der Waals surface area contributed by atoms with Crippen molar-refractivity contribution in [3.8, 4) is 0 Å². The van der Waals surface area contributed by atoms with Crippen molar-refractivity contribution in [1.29, 1.82) is 0 Å². The second-order valence-electron chi connectivity index (χ2n) is 6.97. The van der Waals surface area contributed by atoms with Gasteiger partial charge in [0.15, 0.2) is 0 Å². The summed E-state index contributed by atoms with van der Waals surface area (Å²) in [5, 5.41) is 0. The van der Waals surface area contributed by atoms with Crippen LogP contribution in [0.1, 0.15) is 58.8 Å². The van der Waals surface area contributed by atoms with E-state index in [1.807, 2.05) is 0 Å². The molecule has 4 nitrogen and oxygen atoms in total. The maximum atomic E-state index is 12.7. The van der Waals surface area contributed by atoms with Crippen LogP contribution in [0.15, 0.2) is 0 Å². The lowest BCUT2D eigenvalue weighted by Crippen LogP contribution is -2.49. The molecule has 2 N–H and O–H groups in total. The summed E-state index contributed by atoms with van der Waals surface area (Å²) in [6.45, 7) is 7.70. The van der Waals surface area contributed by atoms with Gasteiger partial charge in [0.05, 0.1) is 6.54 Å². The predicted molar refractivity (Wildman–Crippen MR) is 94.3 cm³/mol. The van der Waals surface area contributed by atoms with Gasteiger partial charge in [0.2, 0.25) is 5.91 Å². The quantitative estimate of drug-likeness (QED) is 0.842. The normalized spacial score (nSPS) is 25.3. The molecule has 0 bridgehead atoms. The van der Waals surface area contributed by atoms with Gasteiger partial charge in [-0.1, -0.05) is 19.3 Å². The first-order chi connectivity index (χ1) is 10.1. The zero-order valence-corrected chi connectivity index (χ0v) is 15.1. The molecule has 2 rings (SSSR count). The zero-order chi connectivity index (χ0) is 15.2. The number of likely N-dealkylation sites (tertiary alicyclic amines) is 1. The Morgan fingerprint density at radius 3 is 2.50 bits per heavy atom. The van der Waals surface area contributed by atoms with E-state index >= 15 is 0 Å². The van der Waals surface area contributed by atoms with Gasteiger partial charge in [-0.25, -0.2) is 0 Å². The molecule has 0 aromatic rings. The molecular formula is C17H34ClN3O. The molecule has 2 aliphatic rings. The number of nitrogens with two attached hydrogens (primary N) is 1. The van der Waals surface area contributed by atoms with Crippen LogP contribution in [-0.4, -0.2) is 54.0 Å². The fraction of sp³-hybridized carbons (Fsp3) is 0.941. The van der Waals surface area contributed by atoms with Crippen LogP contribution in [0, 0.1) is 5.92 Å². The molecule has 2 fully saturated rings. The summed E-state index contributed by atoms with van der Waals surface area (Å²) in [4.78, 5) is 17.1. The van der Waals surface area contributed by atoms with E-state index in [0.29, 0.717) is 24.4 Å². The van der Waals surface area contributed by atoms with Gasteiger partial charge in [0, 0.05) is 25.2 Å². The van der Waals surface area contributed by atoms with E-state index in [4.69, 9.17) is 5.73 Å². The van der Waals surface area contributed by atoms with Gasteiger partial charge in [-0.05, 0) is 52.0 Å². The van der Waals surface area contributed by atoms with Crippen LogP contribution in [0.2, 0.25) is 0 Å². The van der Waals surface area contributed by atoms with Crippen molar-refractivity contribution in [3.05, 3.63) is 0 Å². The third kappa shape index (κ3) is 5.39. The Morgan fingerprint density at radius 1 is 1.23 bits per heavy atom. The van der Waals surface area contributed by atoms with Crippen molar-refractivity contribution in [3.63, 3.8) is 0 Å². The molecule has 2 unspecified atom stereocenters. The molecule has 0 radical (unpaired) electrons. The van der Waals surface area contributed by atoms with Crippen LogP contribution < -0.4 is 5.73 Å². The highest BCUT2D eigenvalue weighted by atomic mass is 35.5. The SMILES string of the molecule is CCN(C(=O)CN1CCCC(C(C)N)C1)C1CCCCC1.Cl. The third-order valence-electron chi connectivity index (χ3n) is 5.32. The van der Waals surface area contributed by atoms with Gasteiger partial charge in [0.25, 0.3) is 0 Å².